The van der Waals surface area contributed by atoms with E-state index in [1.807, 2.05) is 0 Å². The van der Waals surface area contributed by atoms with Crippen molar-refractivity contribution in [2.45, 2.75) is 49.4 Å². The average molecular weight is 523 g/mol. The van der Waals surface area contributed by atoms with Gasteiger partial charge in [0.05, 0.1) is 25.7 Å². The maximum absolute atomic E-state index is 12.8. The number of hydrogen-bond acceptors (Lipinski definition) is 11. The van der Waals surface area contributed by atoms with Crippen molar-refractivity contribution < 1.29 is 39.8 Å². The highest BCUT2D eigenvalue weighted by Crippen LogP contribution is 2.49. The van der Waals surface area contributed by atoms with E-state index in [0.717, 1.165) is 0 Å². The summed E-state index contributed by atoms with van der Waals surface area (Å²) in [6, 6.07) is 8.40. The predicted molar refractivity (Wildman–Crippen MR) is 126 cm³/mol. The van der Waals surface area contributed by atoms with E-state index in [1.165, 1.54) is 6.34 Å². The molecule has 2 aromatic rings. The number of aromatic nitrogens is 2. The van der Waals surface area contributed by atoms with Gasteiger partial charge in [0, 0.05) is 5.56 Å². The third-order valence-electron chi connectivity index (χ3n) is 6.65. The molecule has 0 saturated carbocycles. The zero-order chi connectivity index (χ0) is 25.6. The van der Waals surface area contributed by atoms with Gasteiger partial charge >= 0.3 is 0 Å². The van der Waals surface area contributed by atoms with Crippen LogP contribution in [-0.4, -0.2) is 104 Å². The fourth-order valence-corrected chi connectivity index (χ4v) is 4.97. The third kappa shape index (κ3) is 3.98. The Bertz CT molecular complexity index is 1170. The first-order chi connectivity index (χ1) is 17.3. The van der Waals surface area contributed by atoms with Crippen molar-refractivity contribution in [2.24, 2.45) is 4.99 Å². The number of rotatable bonds is 6. The number of carbonyl (C=O) groups excluding carboxylic acids is 1. The fraction of sp³-hybridized carbons (Fsp3) is 0.455. The van der Waals surface area contributed by atoms with E-state index < -0.39 is 66.6 Å². The highest BCUT2D eigenvalue weighted by atomic mass is 35.5. The summed E-state index contributed by atoms with van der Waals surface area (Å²) in [7, 11) is 0. The van der Waals surface area contributed by atoms with E-state index in [0.29, 0.717) is 5.56 Å². The molecular weight excluding hydrogens is 498 g/mol. The number of aliphatic hydroxyl groups excluding tert-OH is 5. The van der Waals surface area contributed by atoms with Gasteiger partial charge in [0.15, 0.2) is 17.6 Å². The lowest BCUT2D eigenvalue weighted by Crippen LogP contribution is -2.65. The number of nitrogens with one attached hydrogen (secondary N) is 1. The van der Waals surface area contributed by atoms with Crippen molar-refractivity contribution in [2.75, 3.05) is 18.5 Å². The molecule has 4 heterocycles. The minimum Gasteiger partial charge on any atom is -0.394 e. The molecule has 0 spiro atoms. The van der Waals surface area contributed by atoms with Gasteiger partial charge in [-0.2, -0.15) is 19.4 Å². The lowest BCUT2D eigenvalue weighted by Gasteiger charge is -2.39. The van der Waals surface area contributed by atoms with E-state index in [4.69, 9.17) is 21.1 Å². The van der Waals surface area contributed by atoms with Crippen molar-refractivity contribution in [1.29, 1.82) is 0 Å². The minimum absolute atomic E-state index is 0.0147. The summed E-state index contributed by atoms with van der Waals surface area (Å²) in [6.07, 6.45) is -7.04. The van der Waals surface area contributed by atoms with Crippen LogP contribution in [0.3, 0.4) is 0 Å². The van der Waals surface area contributed by atoms with Crippen LogP contribution in [0, 0.1) is 0 Å². The van der Waals surface area contributed by atoms with E-state index in [2.05, 4.69) is 20.3 Å². The molecule has 3 aliphatic rings. The molecular formula is C22H25ClN5O8+. The first-order valence-corrected chi connectivity index (χ1v) is 11.6. The summed E-state index contributed by atoms with van der Waals surface area (Å²) in [5.41, 5.74) is 0.465. The molecule has 192 valence electrons. The maximum atomic E-state index is 12.8. The number of fused-ring (bicyclic) bond motifs is 1. The second-order valence-electron chi connectivity index (χ2n) is 8.76. The Kier molecular flexibility index (Phi) is 6.76. The molecule has 6 N–H and O–H groups in total. The molecule has 0 radical (unpaired) electrons. The number of ether oxygens (including phenoxy) is 2. The van der Waals surface area contributed by atoms with Crippen molar-refractivity contribution in [3.8, 4) is 0 Å². The van der Waals surface area contributed by atoms with Crippen molar-refractivity contribution in [3.05, 3.63) is 41.2 Å². The Labute approximate surface area is 209 Å². The van der Waals surface area contributed by atoms with Gasteiger partial charge in [0.25, 0.3) is 11.7 Å². The van der Waals surface area contributed by atoms with E-state index in [-0.39, 0.29) is 29.0 Å². The highest BCUT2D eigenvalue weighted by molar-refractivity contribution is 6.28. The Morgan fingerprint density at radius 1 is 1.06 bits per heavy atom. The van der Waals surface area contributed by atoms with Crippen LogP contribution in [0.2, 0.25) is 5.28 Å². The quantitative estimate of drug-likeness (QED) is 0.208. The molecule has 2 fully saturated rings. The second kappa shape index (κ2) is 9.70. The van der Waals surface area contributed by atoms with Crippen LogP contribution in [0.4, 0.5) is 17.3 Å². The van der Waals surface area contributed by atoms with Gasteiger partial charge in [-0.15, -0.1) is 0 Å². The van der Waals surface area contributed by atoms with Crippen LogP contribution in [-0.2, 0) is 9.47 Å². The van der Waals surface area contributed by atoms with Gasteiger partial charge < -0.3 is 40.3 Å². The van der Waals surface area contributed by atoms with E-state index in [9.17, 15) is 30.3 Å². The molecule has 14 heteroatoms. The number of benzene rings is 1. The summed E-state index contributed by atoms with van der Waals surface area (Å²) in [4.78, 5) is 25.7. The molecule has 0 aliphatic carbocycles. The summed E-state index contributed by atoms with van der Waals surface area (Å²) in [5, 5.41) is 53.5. The number of carbonyl (C=O) groups is 1. The third-order valence-corrected chi connectivity index (χ3v) is 6.82. The average Bonchev–Trinajstić information content (AvgIpc) is 3.53. The molecule has 3 aliphatic heterocycles. The number of aliphatic imine (C=N–C) groups is 1. The number of quaternary nitrogens is 1. The molecule has 0 bridgehead atoms. The largest absolute Gasteiger partial charge is 0.394 e. The fourth-order valence-electron chi connectivity index (χ4n) is 4.81. The van der Waals surface area contributed by atoms with Gasteiger partial charge in [-0.25, -0.2) is 0 Å². The Morgan fingerprint density at radius 2 is 1.78 bits per heavy atom. The number of amides is 1. The smallest absolute Gasteiger partial charge is 0.271 e. The van der Waals surface area contributed by atoms with Crippen LogP contribution < -0.4 is 9.80 Å². The van der Waals surface area contributed by atoms with Gasteiger partial charge in [-0.3, -0.25) is 4.79 Å². The van der Waals surface area contributed by atoms with Crippen LogP contribution in [0.1, 0.15) is 16.8 Å². The molecule has 2 saturated heterocycles. The van der Waals surface area contributed by atoms with Gasteiger partial charge in [0.1, 0.15) is 18.3 Å². The Morgan fingerprint density at radius 3 is 2.42 bits per heavy atom. The number of nitrogens with zero attached hydrogens (tertiary/aromatic N) is 4. The van der Waals surface area contributed by atoms with Crippen molar-refractivity contribution in [1.82, 2.24) is 14.5 Å². The van der Waals surface area contributed by atoms with Crippen LogP contribution in [0.15, 0.2) is 35.3 Å². The predicted octanol–water partition coefficient (Wildman–Crippen LogP) is -0.730. The summed E-state index contributed by atoms with van der Waals surface area (Å²) < 4.78 is 11.2. The topological polar surface area (TPSA) is 187 Å². The van der Waals surface area contributed by atoms with Gasteiger partial charge in [-0.1, -0.05) is 18.2 Å². The number of hydrogen-bond donors (Lipinski definition) is 6. The summed E-state index contributed by atoms with van der Waals surface area (Å²) in [6.45, 7) is -1.05. The Balaban J connectivity index is 1.60. The van der Waals surface area contributed by atoms with Crippen molar-refractivity contribution >= 4 is 41.2 Å². The lowest BCUT2D eigenvalue weighted by atomic mass is 10.1. The van der Waals surface area contributed by atoms with Crippen molar-refractivity contribution in [3.63, 3.8) is 0 Å². The lowest BCUT2D eigenvalue weighted by molar-refractivity contribution is -0.133. The first-order valence-electron chi connectivity index (χ1n) is 11.2. The van der Waals surface area contributed by atoms with E-state index >= 15 is 0 Å². The Hall–Kier alpha value is -2.59. The molecule has 1 amide bonds. The SMILES string of the molecule is O=C(Nc1nc(Cl)nc2c1N=C[N+]2([C@@H]1C[C@H](O)[C@@H](CO)O1)[C@@H]1O[C@H](CO)[C@@H](O)[C@H]1O)c1ccccc1. The number of aliphatic hydroxyl groups is 5. The van der Waals surface area contributed by atoms with Crippen LogP contribution >= 0.6 is 11.6 Å². The number of anilines is 1. The summed E-state index contributed by atoms with van der Waals surface area (Å²) in [5.74, 6) is -0.420. The molecule has 1 unspecified atom stereocenters. The first kappa shape index (κ1) is 25.1. The van der Waals surface area contributed by atoms with Gasteiger partial charge in [-0.05, 0) is 23.7 Å². The maximum Gasteiger partial charge on any atom is 0.271 e. The number of halogens is 1. The standard InChI is InChI=1S/C22H24ClN5O8/c23-22-26-18(25-20(34)10-4-2-1-3-5-10)15-19(27-22)28(9-24-15,14-6-11(31)12(7-29)35-14)21-17(33)16(32)13(8-30)36-21/h1-5,9,11-14,16-17,21,29-33H,6-8H2/p+1/t11-,12+,13+,14-,16+,17+,21+,28?/m0/s1. The van der Waals surface area contributed by atoms with Crippen LogP contribution in [0.25, 0.3) is 0 Å². The summed E-state index contributed by atoms with van der Waals surface area (Å²) >= 11 is 6.24. The zero-order valence-electron chi connectivity index (χ0n) is 18.8. The molecule has 36 heavy (non-hydrogen) atoms. The zero-order valence-corrected chi connectivity index (χ0v) is 19.5. The molecule has 5 rings (SSSR count). The molecule has 8 atom stereocenters. The minimum atomic E-state index is -1.52. The second-order valence-corrected chi connectivity index (χ2v) is 9.09. The normalized spacial score (nSPS) is 35.2. The highest BCUT2D eigenvalue weighted by Gasteiger charge is 2.63. The molecule has 1 aromatic carbocycles. The molecule has 13 nitrogen and oxygen atoms in total. The molecule has 1 aromatic heterocycles. The van der Waals surface area contributed by atoms with E-state index in [1.54, 1.807) is 30.3 Å². The monoisotopic (exact) mass is 522 g/mol. The van der Waals surface area contributed by atoms with Gasteiger partial charge in [0.2, 0.25) is 24.1 Å². The van der Waals surface area contributed by atoms with Crippen LogP contribution in [0.5, 0.6) is 0 Å².